The van der Waals surface area contributed by atoms with Crippen LogP contribution in [0.15, 0.2) is 24.5 Å². The fraction of sp³-hybridized carbons (Fsp3) is 0.429. The number of aryl methyl sites for hydroxylation is 2. The zero-order valence-electron chi connectivity index (χ0n) is 11.7. The van der Waals surface area contributed by atoms with Crippen molar-refractivity contribution in [2.75, 3.05) is 13.7 Å². The van der Waals surface area contributed by atoms with Crippen molar-refractivity contribution in [2.24, 2.45) is 7.05 Å². The third-order valence-corrected chi connectivity index (χ3v) is 2.97. The summed E-state index contributed by atoms with van der Waals surface area (Å²) in [6.07, 6.45) is 4.69. The molecule has 0 aliphatic carbocycles. The summed E-state index contributed by atoms with van der Waals surface area (Å²) in [6, 6.07) is 3.89. The van der Waals surface area contributed by atoms with Crippen LogP contribution in [0.1, 0.15) is 17.2 Å². The molecule has 0 atom stereocenters. The van der Waals surface area contributed by atoms with Gasteiger partial charge in [0.2, 0.25) is 0 Å². The molecule has 2 heterocycles. The van der Waals surface area contributed by atoms with Gasteiger partial charge in [-0.2, -0.15) is 0 Å². The van der Waals surface area contributed by atoms with Crippen LogP contribution >= 0.6 is 0 Å². The van der Waals surface area contributed by atoms with Crippen LogP contribution in [0.4, 0.5) is 0 Å². The smallest absolute Gasteiger partial charge is 0.122 e. The predicted molar refractivity (Wildman–Crippen MR) is 74.1 cm³/mol. The van der Waals surface area contributed by atoms with Gasteiger partial charge in [0.05, 0.1) is 12.8 Å². The number of methoxy groups -OCH3 is 1. The van der Waals surface area contributed by atoms with Crippen molar-refractivity contribution in [1.29, 1.82) is 0 Å². The molecule has 0 saturated carbocycles. The Hall–Kier alpha value is -1.88. The lowest BCUT2D eigenvalue weighted by molar-refractivity contribution is 0.412. The number of nitrogens with one attached hydrogen (secondary N) is 1. The molecule has 0 unspecified atom stereocenters. The molecule has 5 nitrogen and oxygen atoms in total. The first-order chi connectivity index (χ1) is 9.19. The predicted octanol–water partition coefficient (Wildman–Crippen LogP) is 1.46. The van der Waals surface area contributed by atoms with Crippen molar-refractivity contribution in [3.63, 3.8) is 0 Å². The van der Waals surface area contributed by atoms with Gasteiger partial charge in [-0.15, -0.1) is 0 Å². The SMILES string of the molecule is COc1cc(C)nc(CNCCc2nccn2C)c1. The van der Waals surface area contributed by atoms with Crippen LogP contribution in [0.25, 0.3) is 0 Å². The summed E-state index contributed by atoms with van der Waals surface area (Å²) >= 11 is 0. The third kappa shape index (κ3) is 3.79. The van der Waals surface area contributed by atoms with Gasteiger partial charge in [0.25, 0.3) is 0 Å². The van der Waals surface area contributed by atoms with E-state index < -0.39 is 0 Å². The van der Waals surface area contributed by atoms with E-state index in [1.165, 1.54) is 0 Å². The number of rotatable bonds is 6. The quantitative estimate of drug-likeness (QED) is 0.799. The van der Waals surface area contributed by atoms with E-state index in [2.05, 4.69) is 15.3 Å². The number of aromatic nitrogens is 3. The largest absolute Gasteiger partial charge is 0.497 e. The van der Waals surface area contributed by atoms with Crippen LogP contribution in [0.3, 0.4) is 0 Å². The van der Waals surface area contributed by atoms with Crippen LogP contribution in [0, 0.1) is 6.92 Å². The zero-order chi connectivity index (χ0) is 13.7. The average molecular weight is 260 g/mol. The van der Waals surface area contributed by atoms with Gasteiger partial charge in [0.15, 0.2) is 0 Å². The topological polar surface area (TPSA) is 52.0 Å². The van der Waals surface area contributed by atoms with E-state index in [4.69, 9.17) is 4.74 Å². The minimum Gasteiger partial charge on any atom is -0.497 e. The molecule has 0 bridgehead atoms. The number of ether oxygens (including phenoxy) is 1. The maximum Gasteiger partial charge on any atom is 0.122 e. The minimum absolute atomic E-state index is 0.739. The van der Waals surface area contributed by atoms with Gasteiger partial charge in [-0.25, -0.2) is 4.98 Å². The lowest BCUT2D eigenvalue weighted by Crippen LogP contribution is -2.19. The van der Waals surface area contributed by atoms with E-state index in [1.54, 1.807) is 7.11 Å². The van der Waals surface area contributed by atoms with Crippen molar-refractivity contribution < 1.29 is 4.74 Å². The lowest BCUT2D eigenvalue weighted by Gasteiger charge is -2.07. The van der Waals surface area contributed by atoms with E-state index in [0.29, 0.717) is 0 Å². The van der Waals surface area contributed by atoms with Crippen molar-refractivity contribution in [3.8, 4) is 5.75 Å². The highest BCUT2D eigenvalue weighted by molar-refractivity contribution is 5.26. The van der Waals surface area contributed by atoms with Gasteiger partial charge in [-0.3, -0.25) is 4.98 Å². The molecule has 0 aliphatic rings. The van der Waals surface area contributed by atoms with E-state index in [-0.39, 0.29) is 0 Å². The zero-order valence-corrected chi connectivity index (χ0v) is 11.7. The Morgan fingerprint density at radius 2 is 2.21 bits per heavy atom. The van der Waals surface area contributed by atoms with Gasteiger partial charge in [0, 0.05) is 56.8 Å². The van der Waals surface area contributed by atoms with Gasteiger partial charge in [-0.05, 0) is 6.92 Å². The summed E-state index contributed by atoms with van der Waals surface area (Å²) in [5.41, 5.74) is 1.97. The van der Waals surface area contributed by atoms with Gasteiger partial charge in [-0.1, -0.05) is 0 Å². The van der Waals surface area contributed by atoms with Crippen molar-refractivity contribution in [3.05, 3.63) is 41.7 Å². The van der Waals surface area contributed by atoms with E-state index in [1.807, 2.05) is 43.1 Å². The summed E-state index contributed by atoms with van der Waals surface area (Å²) in [7, 11) is 3.68. The van der Waals surface area contributed by atoms with Crippen LogP contribution in [-0.4, -0.2) is 28.2 Å². The lowest BCUT2D eigenvalue weighted by atomic mass is 10.3. The summed E-state index contributed by atoms with van der Waals surface area (Å²) < 4.78 is 7.27. The number of pyridine rings is 1. The molecular weight excluding hydrogens is 240 g/mol. The summed E-state index contributed by atoms with van der Waals surface area (Å²) in [5, 5.41) is 3.37. The highest BCUT2D eigenvalue weighted by Crippen LogP contribution is 2.12. The molecule has 19 heavy (non-hydrogen) atoms. The molecule has 5 heteroatoms. The molecule has 0 fully saturated rings. The first kappa shape index (κ1) is 13.5. The van der Waals surface area contributed by atoms with Gasteiger partial charge >= 0.3 is 0 Å². The van der Waals surface area contributed by atoms with Gasteiger partial charge in [0.1, 0.15) is 11.6 Å². The first-order valence-electron chi connectivity index (χ1n) is 6.37. The Balaban J connectivity index is 1.82. The summed E-state index contributed by atoms with van der Waals surface area (Å²) in [5.74, 6) is 1.94. The normalized spacial score (nSPS) is 10.7. The Bertz CT molecular complexity index is 536. The van der Waals surface area contributed by atoms with Crippen molar-refractivity contribution in [2.45, 2.75) is 19.9 Å². The molecule has 0 aromatic carbocycles. The molecular formula is C14H20N4O. The second-order valence-electron chi connectivity index (χ2n) is 4.52. The van der Waals surface area contributed by atoms with Crippen LogP contribution in [0.2, 0.25) is 0 Å². The van der Waals surface area contributed by atoms with Crippen LogP contribution in [0.5, 0.6) is 5.75 Å². The van der Waals surface area contributed by atoms with Crippen LogP contribution < -0.4 is 10.1 Å². The van der Waals surface area contributed by atoms with Gasteiger partial charge < -0.3 is 14.6 Å². The van der Waals surface area contributed by atoms with E-state index in [9.17, 15) is 0 Å². The number of hydrogen-bond donors (Lipinski definition) is 1. The molecule has 2 aromatic rings. The second kappa shape index (κ2) is 6.33. The number of nitrogens with zero attached hydrogens (tertiary/aromatic N) is 3. The minimum atomic E-state index is 0.739. The fourth-order valence-corrected chi connectivity index (χ4v) is 1.97. The highest BCUT2D eigenvalue weighted by atomic mass is 16.5. The van der Waals surface area contributed by atoms with Crippen molar-refractivity contribution >= 4 is 0 Å². The third-order valence-electron chi connectivity index (χ3n) is 2.97. The van der Waals surface area contributed by atoms with E-state index >= 15 is 0 Å². The number of imidazole rings is 1. The molecule has 0 spiro atoms. The Labute approximate surface area is 113 Å². The summed E-state index contributed by atoms with van der Waals surface area (Å²) in [4.78, 5) is 8.76. The average Bonchev–Trinajstić information content (AvgIpc) is 2.80. The Kier molecular flexibility index (Phi) is 4.52. The Morgan fingerprint density at radius 1 is 1.37 bits per heavy atom. The molecule has 0 radical (unpaired) electrons. The molecule has 0 aliphatic heterocycles. The fourth-order valence-electron chi connectivity index (χ4n) is 1.97. The molecule has 0 saturated heterocycles. The summed E-state index contributed by atoms with van der Waals surface area (Å²) in [6.45, 7) is 3.59. The molecule has 1 N–H and O–H groups in total. The second-order valence-corrected chi connectivity index (χ2v) is 4.52. The highest BCUT2D eigenvalue weighted by Gasteiger charge is 2.02. The first-order valence-corrected chi connectivity index (χ1v) is 6.37. The monoisotopic (exact) mass is 260 g/mol. The van der Waals surface area contributed by atoms with Crippen LogP contribution in [-0.2, 0) is 20.0 Å². The number of hydrogen-bond acceptors (Lipinski definition) is 4. The molecule has 0 amide bonds. The maximum atomic E-state index is 5.24. The molecule has 2 aromatic heterocycles. The van der Waals surface area contributed by atoms with Crippen molar-refractivity contribution in [1.82, 2.24) is 19.9 Å². The standard InChI is InChI=1S/C14H20N4O/c1-11-8-13(19-3)9-12(17-11)10-15-5-4-14-16-6-7-18(14)2/h6-9,15H,4-5,10H2,1-3H3. The Morgan fingerprint density at radius 3 is 2.89 bits per heavy atom. The van der Waals surface area contributed by atoms with E-state index in [0.717, 1.165) is 42.5 Å². The molecule has 102 valence electrons. The maximum absolute atomic E-state index is 5.24. The molecule has 2 rings (SSSR count).